The Balaban J connectivity index is 1.44. The first kappa shape index (κ1) is 24.1. The summed E-state index contributed by atoms with van der Waals surface area (Å²) in [4.78, 5) is 36.8. The van der Waals surface area contributed by atoms with E-state index in [0.717, 1.165) is 47.4 Å². The van der Waals surface area contributed by atoms with E-state index in [1.165, 1.54) is 4.90 Å². The number of aromatic nitrogens is 2. The number of imide groups is 1. The average Bonchev–Trinajstić information content (AvgIpc) is 3.61. The summed E-state index contributed by atoms with van der Waals surface area (Å²) < 4.78 is 2.15. The van der Waals surface area contributed by atoms with Crippen molar-refractivity contribution in [2.75, 3.05) is 32.1 Å². The van der Waals surface area contributed by atoms with Gasteiger partial charge in [-0.2, -0.15) is 5.26 Å². The number of benzene rings is 2. The number of nitriles is 1. The molecule has 0 aliphatic carbocycles. The van der Waals surface area contributed by atoms with Gasteiger partial charge in [0.05, 0.1) is 33.9 Å². The third kappa shape index (κ3) is 3.57. The highest BCUT2D eigenvalue weighted by atomic mass is 16.2. The number of para-hydroxylation sites is 2. The molecule has 1 fully saturated rings. The summed E-state index contributed by atoms with van der Waals surface area (Å²) in [6, 6.07) is 17.4. The van der Waals surface area contributed by atoms with Gasteiger partial charge in [-0.1, -0.05) is 24.3 Å². The fraction of sp³-hybridized carbons (Fsp3) is 0.333. The lowest BCUT2D eigenvalue weighted by Crippen LogP contribution is -2.42. The molecule has 4 heterocycles. The minimum absolute atomic E-state index is 0.224. The van der Waals surface area contributed by atoms with Gasteiger partial charge in [-0.25, -0.2) is 4.98 Å². The van der Waals surface area contributed by atoms with Crippen LogP contribution in [0.1, 0.15) is 56.7 Å². The molecule has 4 aromatic rings. The molecular weight excluding hydrogens is 476 g/mol. The monoisotopic (exact) mass is 506 g/mol. The summed E-state index contributed by atoms with van der Waals surface area (Å²) in [5.74, 6) is 0.593. The van der Waals surface area contributed by atoms with Gasteiger partial charge in [-0.3, -0.25) is 23.8 Å². The fourth-order valence-corrected chi connectivity index (χ4v) is 6.15. The summed E-state index contributed by atoms with van der Waals surface area (Å²) >= 11 is 0. The number of hydrogen-bond donors (Lipinski definition) is 0. The molecule has 6 rings (SSSR count). The van der Waals surface area contributed by atoms with Crippen LogP contribution in [0.25, 0.3) is 16.7 Å². The Bertz CT molecular complexity index is 1610. The van der Waals surface area contributed by atoms with Crippen LogP contribution >= 0.6 is 0 Å². The van der Waals surface area contributed by atoms with Crippen molar-refractivity contribution in [3.05, 3.63) is 76.3 Å². The third-order valence-electron chi connectivity index (χ3n) is 7.98. The third-order valence-corrected chi connectivity index (χ3v) is 7.98. The van der Waals surface area contributed by atoms with Gasteiger partial charge in [0.25, 0.3) is 11.8 Å². The Kier molecular flexibility index (Phi) is 5.88. The lowest BCUT2D eigenvalue weighted by molar-refractivity contribution is 0.0652. The number of imidazole rings is 1. The Morgan fingerprint density at radius 3 is 2.42 bits per heavy atom. The van der Waals surface area contributed by atoms with Gasteiger partial charge in [0.2, 0.25) is 0 Å². The van der Waals surface area contributed by atoms with Gasteiger partial charge in [-0.15, -0.1) is 0 Å². The number of amides is 2. The van der Waals surface area contributed by atoms with E-state index >= 15 is 0 Å². The number of rotatable bonds is 6. The van der Waals surface area contributed by atoms with Gasteiger partial charge in [-0.05, 0) is 82.1 Å². The van der Waals surface area contributed by atoms with Crippen molar-refractivity contribution in [2.24, 2.45) is 0 Å². The van der Waals surface area contributed by atoms with E-state index in [1.807, 2.05) is 25.1 Å². The quantitative estimate of drug-likeness (QED) is 0.361. The molecule has 0 spiro atoms. The molecular formula is C30H30N6O2. The molecule has 192 valence electrons. The average molecular weight is 507 g/mol. The standard InChI is InChI=1S/C30H30N6O2/c1-19-20(12-8-17-35-29(37)21-10-4-5-11-22(21)30(35)38)28(34-16-9-15-26(34)33(2)3)36-25-14-7-6-13-24(25)32-27(36)23(19)18-31/h4-7,10-11,13-14,26H,8-9,12,15-17H2,1-3H3/t26-/m0/s1. The summed E-state index contributed by atoms with van der Waals surface area (Å²) in [6.45, 7) is 3.23. The Labute approximate surface area is 221 Å². The molecule has 0 unspecified atom stereocenters. The topological polar surface area (TPSA) is 85.0 Å². The molecule has 0 bridgehead atoms. The second kappa shape index (κ2) is 9.26. The van der Waals surface area contributed by atoms with Crippen LogP contribution in [0.4, 0.5) is 5.82 Å². The highest BCUT2D eigenvalue weighted by Gasteiger charge is 2.35. The highest BCUT2D eigenvalue weighted by molar-refractivity contribution is 6.21. The smallest absolute Gasteiger partial charge is 0.261 e. The minimum Gasteiger partial charge on any atom is -0.342 e. The van der Waals surface area contributed by atoms with Crippen LogP contribution in [0.3, 0.4) is 0 Å². The largest absolute Gasteiger partial charge is 0.342 e. The maximum absolute atomic E-state index is 12.9. The lowest BCUT2D eigenvalue weighted by atomic mass is 9.99. The number of carbonyl (C=O) groups excluding carboxylic acids is 2. The van der Waals surface area contributed by atoms with Gasteiger partial charge in [0.15, 0.2) is 5.65 Å². The number of pyridine rings is 1. The summed E-state index contributed by atoms with van der Waals surface area (Å²) in [6.07, 6.45) is 3.58. The number of hydrogen-bond acceptors (Lipinski definition) is 6. The Morgan fingerprint density at radius 2 is 1.74 bits per heavy atom. The number of anilines is 1. The summed E-state index contributed by atoms with van der Waals surface area (Å²) in [5, 5.41) is 10.2. The molecule has 1 saturated heterocycles. The zero-order valence-corrected chi connectivity index (χ0v) is 21.9. The lowest BCUT2D eigenvalue weighted by Gasteiger charge is -2.34. The second-order valence-corrected chi connectivity index (χ2v) is 10.4. The van der Waals surface area contributed by atoms with Gasteiger partial charge < -0.3 is 4.90 Å². The molecule has 2 aliphatic rings. The molecule has 8 nitrogen and oxygen atoms in total. The van der Waals surface area contributed by atoms with Crippen molar-refractivity contribution in [3.8, 4) is 6.07 Å². The van der Waals surface area contributed by atoms with E-state index in [0.29, 0.717) is 41.7 Å². The molecule has 0 N–H and O–H groups in total. The van der Waals surface area contributed by atoms with E-state index in [4.69, 9.17) is 4.98 Å². The normalized spacial score (nSPS) is 17.3. The first-order chi connectivity index (χ1) is 18.4. The van der Waals surface area contributed by atoms with Crippen molar-refractivity contribution in [1.82, 2.24) is 19.2 Å². The predicted molar refractivity (Wildman–Crippen MR) is 146 cm³/mol. The van der Waals surface area contributed by atoms with Crippen LogP contribution < -0.4 is 4.90 Å². The van der Waals surface area contributed by atoms with Crippen molar-refractivity contribution in [2.45, 2.75) is 38.8 Å². The Hall–Kier alpha value is -4.22. The van der Waals surface area contributed by atoms with Crippen LogP contribution in [0.2, 0.25) is 0 Å². The predicted octanol–water partition coefficient (Wildman–Crippen LogP) is 4.38. The van der Waals surface area contributed by atoms with E-state index in [2.05, 4.69) is 40.4 Å². The number of carbonyl (C=O) groups is 2. The SMILES string of the molecule is Cc1c(CCCN2C(=O)c3ccccc3C2=O)c(N2CCC[C@H]2N(C)C)n2c(nc3ccccc32)c1C#N. The van der Waals surface area contributed by atoms with Gasteiger partial charge in [0.1, 0.15) is 11.9 Å². The first-order valence-electron chi connectivity index (χ1n) is 13.1. The van der Waals surface area contributed by atoms with Crippen LogP contribution in [-0.2, 0) is 6.42 Å². The number of fused-ring (bicyclic) bond motifs is 4. The minimum atomic E-state index is -0.233. The Morgan fingerprint density at radius 1 is 1.05 bits per heavy atom. The zero-order valence-electron chi connectivity index (χ0n) is 21.9. The highest BCUT2D eigenvalue weighted by Crippen LogP contribution is 2.37. The zero-order chi connectivity index (χ0) is 26.6. The van der Waals surface area contributed by atoms with Crippen LogP contribution in [-0.4, -0.2) is 64.3 Å². The second-order valence-electron chi connectivity index (χ2n) is 10.4. The molecule has 38 heavy (non-hydrogen) atoms. The number of nitrogens with zero attached hydrogens (tertiary/aromatic N) is 6. The molecule has 2 amide bonds. The van der Waals surface area contributed by atoms with E-state index in [9.17, 15) is 14.9 Å². The molecule has 0 radical (unpaired) electrons. The van der Waals surface area contributed by atoms with E-state index in [1.54, 1.807) is 24.3 Å². The molecule has 8 heteroatoms. The molecule has 2 aliphatic heterocycles. The molecule has 0 saturated carbocycles. The fourth-order valence-electron chi connectivity index (χ4n) is 6.15. The van der Waals surface area contributed by atoms with Crippen molar-refractivity contribution in [1.29, 1.82) is 5.26 Å². The van der Waals surface area contributed by atoms with E-state index in [-0.39, 0.29) is 18.0 Å². The molecule has 2 aromatic heterocycles. The van der Waals surface area contributed by atoms with Crippen molar-refractivity contribution < 1.29 is 9.59 Å². The molecule has 2 aromatic carbocycles. The van der Waals surface area contributed by atoms with Crippen molar-refractivity contribution in [3.63, 3.8) is 0 Å². The van der Waals surface area contributed by atoms with Crippen LogP contribution in [0.15, 0.2) is 48.5 Å². The van der Waals surface area contributed by atoms with E-state index < -0.39 is 0 Å². The first-order valence-corrected chi connectivity index (χ1v) is 13.1. The summed E-state index contributed by atoms with van der Waals surface area (Å²) in [7, 11) is 4.20. The maximum Gasteiger partial charge on any atom is 0.261 e. The van der Waals surface area contributed by atoms with Crippen LogP contribution in [0, 0.1) is 18.3 Å². The maximum atomic E-state index is 12.9. The van der Waals surface area contributed by atoms with Crippen molar-refractivity contribution >= 4 is 34.3 Å². The van der Waals surface area contributed by atoms with Gasteiger partial charge in [0, 0.05) is 13.1 Å². The van der Waals surface area contributed by atoms with Crippen LogP contribution in [0.5, 0.6) is 0 Å². The summed E-state index contributed by atoms with van der Waals surface area (Å²) in [5.41, 5.74) is 6.00. The molecule has 1 atom stereocenters. The van der Waals surface area contributed by atoms with Gasteiger partial charge >= 0.3 is 0 Å².